The van der Waals surface area contributed by atoms with Gasteiger partial charge in [0.2, 0.25) is 0 Å². The summed E-state index contributed by atoms with van der Waals surface area (Å²) in [5.41, 5.74) is -1.49. The van der Waals surface area contributed by atoms with Crippen molar-refractivity contribution in [1.82, 2.24) is 0 Å². The largest absolute Gasteiger partial charge is 0.469 e. The number of hydrogen-bond donors (Lipinski definition) is 1. The van der Waals surface area contributed by atoms with Gasteiger partial charge in [-0.2, -0.15) is 0 Å². The Morgan fingerprint density at radius 2 is 2.12 bits per heavy atom. The van der Waals surface area contributed by atoms with Gasteiger partial charge in [0.15, 0.2) is 9.84 Å². The number of rotatable bonds is 3. The summed E-state index contributed by atoms with van der Waals surface area (Å²) in [4.78, 5) is 11.4. The van der Waals surface area contributed by atoms with Gasteiger partial charge in [-0.3, -0.25) is 4.79 Å². The maximum Gasteiger partial charge on any atom is 0.311 e. The number of aliphatic hydroxyl groups is 1. The summed E-state index contributed by atoms with van der Waals surface area (Å²) in [5.74, 6) is -1.39. The highest BCUT2D eigenvalue weighted by Crippen LogP contribution is 2.40. The molecule has 1 aliphatic carbocycles. The zero-order valence-corrected chi connectivity index (χ0v) is 10.6. The van der Waals surface area contributed by atoms with Crippen molar-refractivity contribution in [3.8, 4) is 0 Å². The van der Waals surface area contributed by atoms with Gasteiger partial charge in [-0.15, -0.1) is 0 Å². The van der Waals surface area contributed by atoms with E-state index in [1.807, 2.05) is 0 Å². The number of carbonyl (C=O) groups excluding carboxylic acids is 1. The first-order valence-electron chi connectivity index (χ1n) is 5.22. The van der Waals surface area contributed by atoms with Gasteiger partial charge in [0.1, 0.15) is 0 Å². The quantitative estimate of drug-likeness (QED) is 0.720. The van der Waals surface area contributed by atoms with Crippen molar-refractivity contribution >= 4 is 15.8 Å². The molecule has 94 valence electrons. The molecular weight excluding hydrogens is 232 g/mol. The third-order valence-corrected chi connectivity index (χ3v) is 5.10. The van der Waals surface area contributed by atoms with Crippen molar-refractivity contribution in [3.63, 3.8) is 0 Å². The van der Waals surface area contributed by atoms with Gasteiger partial charge in [0, 0.05) is 6.26 Å². The van der Waals surface area contributed by atoms with Crippen molar-refractivity contribution in [2.24, 2.45) is 5.92 Å². The van der Waals surface area contributed by atoms with E-state index < -0.39 is 32.6 Å². The van der Waals surface area contributed by atoms with Crippen LogP contribution in [0.1, 0.15) is 26.2 Å². The number of methoxy groups -OCH3 is 1. The Labute approximate surface area is 95.7 Å². The molecule has 1 aliphatic rings. The van der Waals surface area contributed by atoms with Crippen LogP contribution in [0.3, 0.4) is 0 Å². The molecule has 0 aromatic heterocycles. The number of ether oxygens (including phenoxy) is 1. The second-order valence-electron chi connectivity index (χ2n) is 4.45. The number of carbonyl (C=O) groups is 1. The van der Waals surface area contributed by atoms with E-state index in [0.29, 0.717) is 19.3 Å². The molecule has 0 aliphatic heterocycles. The smallest absolute Gasteiger partial charge is 0.311 e. The summed E-state index contributed by atoms with van der Waals surface area (Å²) in [6.07, 6.45) is 2.42. The lowest BCUT2D eigenvalue weighted by molar-refractivity contribution is -0.153. The lowest BCUT2D eigenvalue weighted by Gasteiger charge is -2.33. The highest BCUT2D eigenvalue weighted by molar-refractivity contribution is 7.91. The Kier molecular flexibility index (Phi) is 3.64. The standard InChI is InChI=1S/C10H18O5S/c1-7(9(11)15-2)10(12)6-4-5-8(10)16(3,13)14/h7-8,12H,4-6H2,1-3H3. The van der Waals surface area contributed by atoms with E-state index in [2.05, 4.69) is 4.74 Å². The highest BCUT2D eigenvalue weighted by atomic mass is 32.2. The maximum atomic E-state index is 11.6. The van der Waals surface area contributed by atoms with Crippen LogP contribution >= 0.6 is 0 Å². The maximum absolute atomic E-state index is 11.6. The summed E-state index contributed by atoms with van der Waals surface area (Å²) in [5, 5.41) is 9.51. The van der Waals surface area contributed by atoms with Crippen molar-refractivity contribution in [2.75, 3.05) is 13.4 Å². The molecule has 0 aromatic carbocycles. The van der Waals surface area contributed by atoms with Gasteiger partial charge < -0.3 is 9.84 Å². The molecule has 0 bridgehead atoms. The molecule has 5 nitrogen and oxygen atoms in total. The average Bonchev–Trinajstić information content (AvgIpc) is 2.58. The lowest BCUT2D eigenvalue weighted by Crippen LogP contribution is -2.50. The summed E-state index contributed by atoms with van der Waals surface area (Å²) < 4.78 is 27.7. The van der Waals surface area contributed by atoms with Gasteiger partial charge >= 0.3 is 5.97 Å². The number of esters is 1. The molecule has 1 fully saturated rings. The van der Waals surface area contributed by atoms with E-state index in [9.17, 15) is 18.3 Å². The van der Waals surface area contributed by atoms with Crippen LogP contribution in [0.25, 0.3) is 0 Å². The van der Waals surface area contributed by atoms with Crippen LogP contribution < -0.4 is 0 Å². The van der Waals surface area contributed by atoms with Crippen molar-refractivity contribution in [3.05, 3.63) is 0 Å². The molecule has 3 unspecified atom stereocenters. The molecule has 0 spiro atoms. The lowest BCUT2D eigenvalue weighted by atomic mass is 9.87. The van der Waals surface area contributed by atoms with E-state index >= 15 is 0 Å². The van der Waals surface area contributed by atoms with Crippen molar-refractivity contribution < 1.29 is 23.1 Å². The fraction of sp³-hybridized carbons (Fsp3) is 0.900. The zero-order chi connectivity index (χ0) is 12.6. The zero-order valence-electron chi connectivity index (χ0n) is 9.76. The van der Waals surface area contributed by atoms with E-state index in [1.54, 1.807) is 0 Å². The fourth-order valence-electron chi connectivity index (χ4n) is 2.44. The van der Waals surface area contributed by atoms with Crippen molar-refractivity contribution in [2.45, 2.75) is 37.0 Å². The Balaban J connectivity index is 3.03. The second-order valence-corrected chi connectivity index (χ2v) is 6.67. The van der Waals surface area contributed by atoms with Crippen LogP contribution in [-0.4, -0.2) is 43.7 Å². The molecular formula is C10H18O5S. The molecule has 0 saturated heterocycles. The molecule has 0 radical (unpaired) electrons. The summed E-state index contributed by atoms with van der Waals surface area (Å²) in [6, 6.07) is 0. The van der Waals surface area contributed by atoms with Gasteiger partial charge in [-0.1, -0.05) is 0 Å². The van der Waals surface area contributed by atoms with Gasteiger partial charge in [0.25, 0.3) is 0 Å². The first kappa shape index (κ1) is 13.4. The molecule has 1 rings (SSSR count). The third-order valence-electron chi connectivity index (χ3n) is 3.42. The van der Waals surface area contributed by atoms with E-state index in [4.69, 9.17) is 0 Å². The monoisotopic (exact) mass is 250 g/mol. The molecule has 6 heteroatoms. The minimum Gasteiger partial charge on any atom is -0.469 e. The topological polar surface area (TPSA) is 80.7 Å². The van der Waals surface area contributed by atoms with Crippen LogP contribution in [0.15, 0.2) is 0 Å². The minimum absolute atomic E-state index is 0.320. The summed E-state index contributed by atoms with van der Waals surface area (Å²) in [6.45, 7) is 1.51. The van der Waals surface area contributed by atoms with Crippen LogP contribution in [0, 0.1) is 5.92 Å². The Morgan fingerprint density at radius 3 is 2.56 bits per heavy atom. The first-order valence-corrected chi connectivity index (χ1v) is 7.18. The predicted octanol–water partition coefficient (Wildman–Crippen LogP) is 0.124. The Morgan fingerprint density at radius 1 is 1.56 bits per heavy atom. The van der Waals surface area contributed by atoms with Crippen LogP contribution in [-0.2, 0) is 19.4 Å². The van der Waals surface area contributed by atoms with Crippen molar-refractivity contribution in [1.29, 1.82) is 0 Å². The third kappa shape index (κ3) is 2.22. The molecule has 1 saturated carbocycles. The average molecular weight is 250 g/mol. The molecule has 0 amide bonds. The van der Waals surface area contributed by atoms with Gasteiger partial charge in [-0.05, 0) is 26.2 Å². The fourth-order valence-corrected chi connectivity index (χ4v) is 4.10. The molecule has 3 atom stereocenters. The number of hydrogen-bond acceptors (Lipinski definition) is 5. The number of sulfone groups is 1. The van der Waals surface area contributed by atoms with E-state index in [-0.39, 0.29) is 0 Å². The van der Waals surface area contributed by atoms with Gasteiger partial charge in [-0.25, -0.2) is 8.42 Å². The minimum atomic E-state index is -3.35. The highest BCUT2D eigenvalue weighted by Gasteiger charge is 2.52. The SMILES string of the molecule is COC(=O)C(C)C1(O)CCCC1S(C)(=O)=O. The first-order chi connectivity index (χ1) is 7.23. The molecule has 16 heavy (non-hydrogen) atoms. The van der Waals surface area contributed by atoms with E-state index in [1.165, 1.54) is 14.0 Å². The Bertz CT molecular complexity index is 375. The van der Waals surface area contributed by atoms with Crippen LogP contribution in [0.2, 0.25) is 0 Å². The van der Waals surface area contributed by atoms with Gasteiger partial charge in [0.05, 0.1) is 23.9 Å². The van der Waals surface area contributed by atoms with E-state index in [0.717, 1.165) is 6.26 Å². The predicted molar refractivity (Wildman–Crippen MR) is 58.6 cm³/mol. The van der Waals surface area contributed by atoms with Crippen LogP contribution in [0.4, 0.5) is 0 Å². The summed E-state index contributed by atoms with van der Waals surface area (Å²) >= 11 is 0. The normalized spacial score (nSPS) is 32.4. The van der Waals surface area contributed by atoms with Crippen LogP contribution in [0.5, 0.6) is 0 Å². The summed E-state index contributed by atoms with van der Waals surface area (Å²) in [7, 11) is -2.13. The molecule has 1 N–H and O–H groups in total. The second kappa shape index (κ2) is 4.33. The molecule has 0 heterocycles. The molecule has 0 aromatic rings. The Hall–Kier alpha value is -0.620.